The van der Waals surface area contributed by atoms with E-state index in [1.807, 2.05) is 0 Å². The van der Waals surface area contributed by atoms with Gasteiger partial charge in [0, 0.05) is 14.7 Å². The molecule has 1 aliphatic rings. The summed E-state index contributed by atoms with van der Waals surface area (Å²) in [6.07, 6.45) is 5.47. The van der Waals surface area contributed by atoms with Gasteiger partial charge in [-0.25, -0.2) is 0 Å². The van der Waals surface area contributed by atoms with E-state index in [-0.39, 0.29) is 11.9 Å². The van der Waals surface area contributed by atoms with Gasteiger partial charge in [0.15, 0.2) is 0 Å². The van der Waals surface area contributed by atoms with Crippen LogP contribution in [-0.2, 0) is 19.0 Å². The molecule has 3 atom stereocenters. The fraction of sp³-hybridized carbons (Fsp3) is 0.792. The molecule has 0 spiro atoms. The monoisotopic (exact) mass is 546 g/mol. The van der Waals surface area contributed by atoms with Crippen LogP contribution in [0.2, 0.25) is 40.5 Å². The number of cyclic esters (lactones) is 1. The normalized spacial score (nSPS) is 21.6. The molecule has 1 saturated heterocycles. The Morgan fingerprint density at radius 3 is 2.57 bits per heavy atom. The van der Waals surface area contributed by atoms with Gasteiger partial charge >= 0.3 is 146 Å². The third kappa shape index (κ3) is 11.0. The van der Waals surface area contributed by atoms with Crippen molar-refractivity contribution >= 4 is 32.4 Å². The Morgan fingerprint density at radius 2 is 1.97 bits per heavy atom. The summed E-state index contributed by atoms with van der Waals surface area (Å²) in [5.74, 6) is 0.765. The minimum absolute atomic E-state index is 0.0382. The van der Waals surface area contributed by atoms with Gasteiger partial charge in [0.05, 0.1) is 0 Å². The number of ether oxygens (including phenoxy) is 3. The van der Waals surface area contributed by atoms with E-state index in [2.05, 4.69) is 61.0 Å². The van der Waals surface area contributed by atoms with Gasteiger partial charge in [-0.3, -0.25) is 0 Å². The quantitative estimate of drug-likeness (QED) is 0.0847. The molecule has 0 unspecified atom stereocenters. The Morgan fingerprint density at radius 1 is 1.30 bits per heavy atom. The molecule has 0 aromatic rings. The zero-order valence-corrected chi connectivity index (χ0v) is 24.7. The van der Waals surface area contributed by atoms with Crippen LogP contribution in [0.5, 0.6) is 0 Å². The molecule has 1 rings (SSSR count). The van der Waals surface area contributed by atoms with Gasteiger partial charge in [-0.1, -0.05) is 19.6 Å². The summed E-state index contributed by atoms with van der Waals surface area (Å²) in [6.45, 7) is 18.2. The van der Waals surface area contributed by atoms with Gasteiger partial charge in [-0.05, 0) is 6.04 Å². The van der Waals surface area contributed by atoms with Crippen LogP contribution in [0.25, 0.3) is 0 Å². The van der Waals surface area contributed by atoms with Crippen LogP contribution >= 0.6 is 0 Å². The molecular formula is C24H46O4SiSn. The van der Waals surface area contributed by atoms with Crippen molar-refractivity contribution in [2.75, 3.05) is 26.6 Å². The summed E-state index contributed by atoms with van der Waals surface area (Å²) in [5, 5.41) is 0. The number of esters is 1. The Kier molecular flexibility index (Phi) is 11.9. The average molecular weight is 545 g/mol. The van der Waals surface area contributed by atoms with Crippen LogP contribution in [0.3, 0.4) is 0 Å². The minimum atomic E-state index is -2.32. The molecule has 174 valence electrons. The number of allylic oxidation sites excluding steroid dienone is 1. The number of carbonyl (C=O) groups excluding carboxylic acids is 1. The van der Waals surface area contributed by atoms with Crippen molar-refractivity contribution in [3.63, 3.8) is 0 Å². The molecule has 0 N–H and O–H groups in total. The van der Waals surface area contributed by atoms with Crippen molar-refractivity contribution in [3.8, 4) is 0 Å². The average Bonchev–Trinajstić information content (AvgIpc) is 2.95. The van der Waals surface area contributed by atoms with Crippen molar-refractivity contribution in [2.24, 2.45) is 17.8 Å². The van der Waals surface area contributed by atoms with Crippen LogP contribution in [0.4, 0.5) is 0 Å². The summed E-state index contributed by atoms with van der Waals surface area (Å²) in [7, 11) is -1.03. The topological polar surface area (TPSA) is 44.8 Å². The summed E-state index contributed by atoms with van der Waals surface area (Å²) in [4.78, 5) is 19.3. The second-order valence-corrected chi connectivity index (χ2v) is 31.6. The Balaban J connectivity index is 2.30. The predicted molar refractivity (Wildman–Crippen MR) is 132 cm³/mol. The first kappa shape index (κ1) is 27.9. The summed E-state index contributed by atoms with van der Waals surface area (Å²) in [6, 6.07) is 1.17. The van der Waals surface area contributed by atoms with Gasteiger partial charge in [-0.2, -0.15) is 0 Å². The summed E-state index contributed by atoms with van der Waals surface area (Å²) < 4.78 is 17.8. The van der Waals surface area contributed by atoms with Crippen LogP contribution in [-0.4, -0.2) is 59.0 Å². The summed E-state index contributed by atoms with van der Waals surface area (Å²) in [5.41, 5.74) is 1.25. The maximum atomic E-state index is 12.3. The van der Waals surface area contributed by atoms with Crippen LogP contribution in [0, 0.1) is 17.8 Å². The van der Waals surface area contributed by atoms with Crippen LogP contribution in [0.1, 0.15) is 33.1 Å². The van der Waals surface area contributed by atoms with E-state index in [4.69, 9.17) is 14.2 Å². The molecule has 1 aliphatic heterocycles. The molecule has 0 aliphatic carbocycles. The Bertz CT molecular complexity index is 589. The molecule has 1 heterocycles. The van der Waals surface area contributed by atoms with Crippen LogP contribution in [0.15, 0.2) is 21.8 Å². The number of carbonyl (C=O) groups is 1. The van der Waals surface area contributed by atoms with E-state index >= 15 is 0 Å². The fourth-order valence-corrected chi connectivity index (χ4v) is 8.10. The zero-order valence-electron chi connectivity index (χ0n) is 20.8. The molecule has 0 aromatic heterocycles. The van der Waals surface area contributed by atoms with Crippen LogP contribution < -0.4 is 0 Å². The van der Waals surface area contributed by atoms with E-state index in [1.165, 1.54) is 15.2 Å². The van der Waals surface area contributed by atoms with Crippen molar-refractivity contribution in [1.29, 1.82) is 0 Å². The molecule has 0 saturated carbocycles. The van der Waals surface area contributed by atoms with Gasteiger partial charge in [0.1, 0.15) is 0 Å². The van der Waals surface area contributed by atoms with Crippen molar-refractivity contribution < 1.29 is 19.0 Å². The molecule has 30 heavy (non-hydrogen) atoms. The molecule has 6 heteroatoms. The molecule has 0 radical (unpaired) electrons. The van der Waals surface area contributed by atoms with Crippen molar-refractivity contribution in [2.45, 2.75) is 73.6 Å². The molecule has 0 aromatic carbocycles. The summed E-state index contributed by atoms with van der Waals surface area (Å²) >= 11 is -2.32. The first-order chi connectivity index (χ1) is 13.8. The number of rotatable bonds is 14. The SMILES string of the molecule is C=[C]([C@H]1C(=O)OC[C@@H]1C[C@@H](C)CC/C=C(\C)COCOCC[Si](C)(C)C)[Sn]([CH3])([CH3])[CH3]. The van der Waals surface area contributed by atoms with Gasteiger partial charge < -0.3 is 4.74 Å². The predicted octanol–water partition coefficient (Wildman–Crippen LogP) is 6.29. The first-order valence-corrected chi connectivity index (χ1v) is 25.2. The molecule has 0 bridgehead atoms. The van der Waals surface area contributed by atoms with E-state index < -0.39 is 26.5 Å². The molecule has 4 nitrogen and oxygen atoms in total. The number of hydrogen-bond acceptors (Lipinski definition) is 4. The second-order valence-electron chi connectivity index (χ2n) is 11.3. The second kappa shape index (κ2) is 12.8. The van der Waals surface area contributed by atoms with Crippen molar-refractivity contribution in [1.82, 2.24) is 0 Å². The van der Waals surface area contributed by atoms with E-state index in [1.54, 1.807) is 0 Å². The molecule has 1 fully saturated rings. The fourth-order valence-electron chi connectivity index (χ4n) is 3.67. The zero-order chi connectivity index (χ0) is 22.9. The van der Waals surface area contributed by atoms with Gasteiger partial charge in [0.2, 0.25) is 0 Å². The number of hydrogen-bond donors (Lipinski definition) is 0. The molecule has 0 amide bonds. The first-order valence-electron chi connectivity index (χ1n) is 11.5. The Hall–Kier alpha value is -0.114. The van der Waals surface area contributed by atoms with E-state index in [0.717, 1.165) is 25.9 Å². The van der Waals surface area contributed by atoms with Crippen molar-refractivity contribution in [3.05, 3.63) is 21.8 Å². The van der Waals surface area contributed by atoms with Gasteiger partial charge in [-0.15, -0.1) is 0 Å². The van der Waals surface area contributed by atoms with E-state index in [0.29, 0.717) is 31.8 Å². The Labute approximate surface area is 190 Å². The third-order valence-corrected chi connectivity index (χ3v) is 13.9. The standard InChI is InChI=1S/C21H37O4Si.3CH3.Sn/c1-7-20-19(15-25-21(20)22)13-17(2)9-8-10-18(3)14-24-16-23-11-12-26(4,5)6;;;;/h10,17,19-20H,1,8-9,11-16H2,2-6H3;3*1H3;/b18-10+;;;;/t17-,19-,20+;;;;/m0..../s1. The van der Waals surface area contributed by atoms with E-state index in [9.17, 15) is 4.79 Å². The third-order valence-electron chi connectivity index (χ3n) is 5.85. The maximum absolute atomic E-state index is 12.3. The van der Waals surface area contributed by atoms with Gasteiger partial charge in [0.25, 0.3) is 0 Å². The molecular weight excluding hydrogens is 499 g/mol.